The number of hydrogen-bond donors (Lipinski definition) is 1. The number of ketones is 1. The molecule has 3 aromatic rings. The van der Waals surface area contributed by atoms with E-state index < -0.39 is 5.82 Å². The molecule has 0 saturated carbocycles. The van der Waals surface area contributed by atoms with Crippen LogP contribution in [0.4, 0.5) is 10.1 Å². The Labute approximate surface area is 174 Å². The monoisotopic (exact) mass is 404 g/mol. The average Bonchev–Trinajstić information content (AvgIpc) is 2.79. The first-order chi connectivity index (χ1) is 14.5. The second kappa shape index (κ2) is 8.37. The molecule has 6 heteroatoms. The molecule has 1 N–H and O–H groups in total. The predicted molar refractivity (Wildman–Crippen MR) is 112 cm³/mol. The first-order valence-electron chi connectivity index (χ1n) is 9.75. The summed E-state index contributed by atoms with van der Waals surface area (Å²) in [6.45, 7) is 2.37. The lowest BCUT2D eigenvalue weighted by molar-refractivity contribution is 0.0742. The number of halogens is 1. The van der Waals surface area contributed by atoms with E-state index in [-0.39, 0.29) is 17.4 Å². The number of amides is 1. The summed E-state index contributed by atoms with van der Waals surface area (Å²) in [5.74, 6) is -0.689. The lowest BCUT2D eigenvalue weighted by atomic mass is 9.97. The van der Waals surface area contributed by atoms with Crippen molar-refractivity contribution < 1.29 is 19.1 Å². The fourth-order valence-corrected chi connectivity index (χ4v) is 3.63. The van der Waals surface area contributed by atoms with Gasteiger partial charge < -0.3 is 14.9 Å². The molecule has 1 amide bonds. The number of hydrogen-bond acceptors (Lipinski definition) is 4. The summed E-state index contributed by atoms with van der Waals surface area (Å²) in [5, 5.41) is 9.45. The molecule has 1 heterocycles. The quantitative estimate of drug-likeness (QED) is 0.674. The number of phenolic OH excluding ortho intramolecular Hbond substituents is 1. The van der Waals surface area contributed by atoms with E-state index in [4.69, 9.17) is 0 Å². The van der Waals surface area contributed by atoms with Crippen molar-refractivity contribution in [3.8, 4) is 5.75 Å². The Morgan fingerprint density at radius 1 is 0.767 bits per heavy atom. The summed E-state index contributed by atoms with van der Waals surface area (Å²) in [5.41, 5.74) is 2.00. The average molecular weight is 404 g/mol. The largest absolute Gasteiger partial charge is 0.508 e. The molecular formula is C24H21FN2O3. The third-order valence-electron chi connectivity index (χ3n) is 5.29. The van der Waals surface area contributed by atoms with Crippen molar-refractivity contribution in [2.24, 2.45) is 0 Å². The maximum Gasteiger partial charge on any atom is 0.254 e. The topological polar surface area (TPSA) is 60.9 Å². The van der Waals surface area contributed by atoms with Crippen LogP contribution in [-0.2, 0) is 0 Å². The van der Waals surface area contributed by atoms with Crippen molar-refractivity contribution in [2.45, 2.75) is 0 Å². The van der Waals surface area contributed by atoms with Crippen molar-refractivity contribution >= 4 is 17.4 Å². The van der Waals surface area contributed by atoms with Crippen LogP contribution in [-0.4, -0.2) is 47.9 Å². The van der Waals surface area contributed by atoms with E-state index in [9.17, 15) is 19.1 Å². The molecule has 0 spiro atoms. The molecule has 1 fully saturated rings. The zero-order valence-corrected chi connectivity index (χ0v) is 16.3. The maximum atomic E-state index is 13.2. The molecular weight excluding hydrogens is 383 g/mol. The molecule has 152 valence electrons. The predicted octanol–water partition coefficient (Wildman–Crippen LogP) is 3.72. The SMILES string of the molecule is O=C(c1ccc(F)cc1)c1ccccc1C(=O)N1CCN(c2ccc(O)cc2)CC1. The standard InChI is InChI=1S/C24H21FN2O3/c25-18-7-5-17(6-8-18)23(29)21-3-1-2-4-22(21)24(30)27-15-13-26(14-16-27)19-9-11-20(28)12-10-19/h1-12,28H,13-16H2. The molecule has 0 unspecified atom stereocenters. The van der Waals surface area contributed by atoms with Crippen molar-refractivity contribution in [1.82, 2.24) is 4.90 Å². The van der Waals surface area contributed by atoms with Gasteiger partial charge in [0.2, 0.25) is 0 Å². The molecule has 1 aliphatic rings. The molecule has 0 bridgehead atoms. The molecule has 5 nitrogen and oxygen atoms in total. The first kappa shape index (κ1) is 19.6. The van der Waals surface area contributed by atoms with E-state index in [0.717, 1.165) is 5.69 Å². The van der Waals surface area contributed by atoms with E-state index in [2.05, 4.69) is 4.90 Å². The fraction of sp³-hybridized carbons (Fsp3) is 0.167. The minimum atomic E-state index is -0.414. The van der Waals surface area contributed by atoms with E-state index >= 15 is 0 Å². The molecule has 4 rings (SSSR count). The van der Waals surface area contributed by atoms with Crippen molar-refractivity contribution in [2.75, 3.05) is 31.1 Å². The molecule has 0 aliphatic carbocycles. The van der Waals surface area contributed by atoms with Crippen LogP contribution in [0, 0.1) is 5.82 Å². The Balaban J connectivity index is 1.50. The van der Waals surface area contributed by atoms with Gasteiger partial charge in [0.15, 0.2) is 5.78 Å². The zero-order chi connectivity index (χ0) is 21.1. The number of piperazine rings is 1. The van der Waals surface area contributed by atoms with Gasteiger partial charge in [0.25, 0.3) is 5.91 Å². The highest BCUT2D eigenvalue weighted by Crippen LogP contribution is 2.22. The summed E-state index contributed by atoms with van der Waals surface area (Å²) in [4.78, 5) is 30.0. The van der Waals surface area contributed by atoms with Gasteiger partial charge in [0.1, 0.15) is 11.6 Å². The Hall–Kier alpha value is -3.67. The second-order valence-corrected chi connectivity index (χ2v) is 7.18. The van der Waals surface area contributed by atoms with Gasteiger partial charge in [-0.25, -0.2) is 4.39 Å². The molecule has 3 aromatic carbocycles. The Morgan fingerprint density at radius 3 is 2.00 bits per heavy atom. The number of anilines is 1. The zero-order valence-electron chi connectivity index (χ0n) is 16.3. The van der Waals surface area contributed by atoms with Crippen LogP contribution in [0.3, 0.4) is 0 Å². The number of nitrogens with zero attached hydrogens (tertiary/aromatic N) is 2. The number of benzene rings is 3. The lowest BCUT2D eigenvalue weighted by Gasteiger charge is -2.36. The summed E-state index contributed by atoms with van der Waals surface area (Å²) in [6, 6.07) is 19.1. The van der Waals surface area contributed by atoms with Crippen LogP contribution in [0.25, 0.3) is 0 Å². The number of rotatable bonds is 4. The van der Waals surface area contributed by atoms with Crippen molar-refractivity contribution in [1.29, 1.82) is 0 Å². The Bertz CT molecular complexity index is 1060. The fourth-order valence-electron chi connectivity index (χ4n) is 3.63. The van der Waals surface area contributed by atoms with E-state index in [0.29, 0.717) is 42.9 Å². The summed E-state index contributed by atoms with van der Waals surface area (Å²) >= 11 is 0. The van der Waals surface area contributed by atoms with Crippen LogP contribution >= 0.6 is 0 Å². The van der Waals surface area contributed by atoms with Gasteiger partial charge in [-0.15, -0.1) is 0 Å². The minimum absolute atomic E-state index is 0.189. The van der Waals surface area contributed by atoms with E-state index in [1.165, 1.54) is 24.3 Å². The van der Waals surface area contributed by atoms with Crippen molar-refractivity contribution in [3.05, 3.63) is 95.3 Å². The number of carbonyl (C=O) groups is 2. The molecule has 1 aliphatic heterocycles. The smallest absolute Gasteiger partial charge is 0.254 e. The third-order valence-corrected chi connectivity index (χ3v) is 5.29. The van der Waals surface area contributed by atoms with Crippen molar-refractivity contribution in [3.63, 3.8) is 0 Å². The van der Waals surface area contributed by atoms with Gasteiger partial charge in [0, 0.05) is 43.0 Å². The molecule has 1 saturated heterocycles. The van der Waals surface area contributed by atoms with Crippen LogP contribution in [0.2, 0.25) is 0 Å². The number of phenols is 1. The van der Waals surface area contributed by atoms with Gasteiger partial charge in [0.05, 0.1) is 5.56 Å². The van der Waals surface area contributed by atoms with Crippen LogP contribution in [0.5, 0.6) is 5.75 Å². The Kier molecular flexibility index (Phi) is 5.48. The highest BCUT2D eigenvalue weighted by atomic mass is 19.1. The van der Waals surface area contributed by atoms with Gasteiger partial charge in [-0.3, -0.25) is 9.59 Å². The summed E-state index contributed by atoms with van der Waals surface area (Å²) < 4.78 is 13.2. The highest BCUT2D eigenvalue weighted by Gasteiger charge is 2.26. The minimum Gasteiger partial charge on any atom is -0.508 e. The molecule has 0 atom stereocenters. The number of carbonyl (C=O) groups excluding carboxylic acids is 2. The molecule has 0 aromatic heterocycles. The molecule has 0 radical (unpaired) electrons. The van der Waals surface area contributed by atoms with Gasteiger partial charge >= 0.3 is 0 Å². The lowest BCUT2D eigenvalue weighted by Crippen LogP contribution is -2.49. The van der Waals surface area contributed by atoms with Gasteiger partial charge in [-0.2, -0.15) is 0 Å². The maximum absolute atomic E-state index is 13.2. The number of aromatic hydroxyl groups is 1. The summed E-state index contributed by atoms with van der Waals surface area (Å²) in [6.07, 6.45) is 0. The van der Waals surface area contributed by atoms with E-state index in [1.807, 2.05) is 12.1 Å². The van der Waals surface area contributed by atoms with Gasteiger partial charge in [-0.05, 0) is 54.6 Å². The van der Waals surface area contributed by atoms with Crippen LogP contribution in [0.15, 0.2) is 72.8 Å². The normalized spacial score (nSPS) is 13.9. The van der Waals surface area contributed by atoms with Crippen LogP contribution < -0.4 is 4.90 Å². The highest BCUT2D eigenvalue weighted by molar-refractivity contribution is 6.15. The summed E-state index contributed by atoms with van der Waals surface area (Å²) in [7, 11) is 0. The van der Waals surface area contributed by atoms with Gasteiger partial charge in [-0.1, -0.05) is 18.2 Å². The molecule has 30 heavy (non-hydrogen) atoms. The second-order valence-electron chi connectivity index (χ2n) is 7.18. The van der Waals surface area contributed by atoms with E-state index in [1.54, 1.807) is 41.3 Å². The Morgan fingerprint density at radius 2 is 1.37 bits per heavy atom. The van der Waals surface area contributed by atoms with Crippen LogP contribution in [0.1, 0.15) is 26.3 Å². The third kappa shape index (κ3) is 4.03. The first-order valence-corrected chi connectivity index (χ1v) is 9.75.